The SMILES string of the molecule is C=CCNC(C)C(C)NNN(C)CCC(Nc1ccc(CC#N)cc1)/C(C)=C/C. The van der Waals surface area contributed by atoms with Crippen molar-refractivity contribution in [2.45, 2.75) is 58.7 Å². The Morgan fingerprint density at radius 3 is 2.52 bits per heavy atom. The van der Waals surface area contributed by atoms with Gasteiger partial charge in [0.2, 0.25) is 0 Å². The quantitative estimate of drug-likeness (QED) is 0.284. The van der Waals surface area contributed by atoms with E-state index in [2.05, 4.69) is 73.0 Å². The highest BCUT2D eigenvalue weighted by Crippen LogP contribution is 2.16. The highest BCUT2D eigenvalue weighted by Gasteiger charge is 2.14. The monoisotopic (exact) mass is 398 g/mol. The molecule has 1 aromatic rings. The summed E-state index contributed by atoms with van der Waals surface area (Å²) >= 11 is 0. The number of anilines is 1. The molecule has 0 spiro atoms. The first-order chi connectivity index (χ1) is 13.9. The first-order valence-electron chi connectivity index (χ1n) is 10.3. The maximum Gasteiger partial charge on any atom is 0.0669 e. The van der Waals surface area contributed by atoms with Crippen molar-refractivity contribution in [2.75, 3.05) is 25.5 Å². The van der Waals surface area contributed by atoms with E-state index in [1.807, 2.05) is 37.4 Å². The average Bonchev–Trinajstić information content (AvgIpc) is 2.73. The van der Waals surface area contributed by atoms with Gasteiger partial charge in [-0.3, -0.25) is 0 Å². The van der Waals surface area contributed by atoms with Crippen LogP contribution in [0, 0.1) is 11.3 Å². The van der Waals surface area contributed by atoms with Gasteiger partial charge in [0.05, 0.1) is 12.5 Å². The van der Waals surface area contributed by atoms with Gasteiger partial charge >= 0.3 is 0 Å². The molecule has 6 heteroatoms. The number of nitriles is 1. The molecule has 0 bridgehead atoms. The number of benzene rings is 1. The minimum Gasteiger partial charge on any atom is -0.379 e. The summed E-state index contributed by atoms with van der Waals surface area (Å²) in [5.74, 6) is 0. The lowest BCUT2D eigenvalue weighted by molar-refractivity contribution is 0.165. The van der Waals surface area contributed by atoms with Crippen LogP contribution in [0.3, 0.4) is 0 Å². The number of nitrogens with one attached hydrogen (secondary N) is 4. The molecule has 0 saturated heterocycles. The average molecular weight is 399 g/mol. The zero-order valence-electron chi connectivity index (χ0n) is 18.6. The Morgan fingerprint density at radius 2 is 1.93 bits per heavy atom. The Kier molecular flexibility index (Phi) is 11.9. The van der Waals surface area contributed by atoms with E-state index in [4.69, 9.17) is 5.26 Å². The van der Waals surface area contributed by atoms with Gasteiger partial charge in [0.25, 0.3) is 0 Å². The summed E-state index contributed by atoms with van der Waals surface area (Å²) in [4.78, 5) is 0. The smallest absolute Gasteiger partial charge is 0.0669 e. The second-order valence-corrected chi connectivity index (χ2v) is 7.50. The molecule has 3 atom stereocenters. The first-order valence-corrected chi connectivity index (χ1v) is 10.3. The number of nitrogens with zero attached hydrogens (tertiary/aromatic N) is 2. The van der Waals surface area contributed by atoms with Gasteiger partial charge in [0, 0.05) is 44.0 Å². The van der Waals surface area contributed by atoms with Crippen molar-refractivity contribution >= 4 is 5.69 Å². The van der Waals surface area contributed by atoms with Gasteiger partial charge in [-0.2, -0.15) is 10.8 Å². The van der Waals surface area contributed by atoms with E-state index in [-0.39, 0.29) is 12.1 Å². The normalized spacial score (nSPS) is 14.9. The van der Waals surface area contributed by atoms with Crippen LogP contribution in [-0.2, 0) is 6.42 Å². The molecule has 0 radical (unpaired) electrons. The summed E-state index contributed by atoms with van der Waals surface area (Å²) in [7, 11) is 2.04. The van der Waals surface area contributed by atoms with Crippen molar-refractivity contribution in [1.82, 2.24) is 21.3 Å². The molecule has 0 aliphatic rings. The fourth-order valence-corrected chi connectivity index (χ4v) is 2.79. The Hall–Kier alpha value is -2.17. The minimum absolute atomic E-state index is 0.247. The zero-order valence-corrected chi connectivity index (χ0v) is 18.6. The zero-order chi connectivity index (χ0) is 21.6. The largest absolute Gasteiger partial charge is 0.379 e. The van der Waals surface area contributed by atoms with E-state index in [0.717, 1.165) is 30.8 Å². The molecular formula is C23H38N6. The predicted octanol–water partition coefficient (Wildman–Crippen LogP) is 3.38. The van der Waals surface area contributed by atoms with Crippen molar-refractivity contribution in [3.05, 3.63) is 54.1 Å². The van der Waals surface area contributed by atoms with Gasteiger partial charge in [0.1, 0.15) is 0 Å². The third-order valence-electron chi connectivity index (χ3n) is 5.15. The Morgan fingerprint density at radius 1 is 1.24 bits per heavy atom. The first kappa shape index (κ1) is 24.9. The summed E-state index contributed by atoms with van der Waals surface area (Å²) in [6.45, 7) is 13.9. The van der Waals surface area contributed by atoms with Crippen LogP contribution in [0.5, 0.6) is 0 Å². The van der Waals surface area contributed by atoms with Crippen molar-refractivity contribution < 1.29 is 0 Å². The number of hydrogen-bond donors (Lipinski definition) is 4. The molecule has 3 unspecified atom stereocenters. The highest BCUT2D eigenvalue weighted by atomic mass is 15.7. The molecule has 0 amide bonds. The minimum atomic E-state index is 0.247. The van der Waals surface area contributed by atoms with E-state index in [1.165, 1.54) is 5.57 Å². The Balaban J connectivity index is 2.52. The lowest BCUT2D eigenvalue weighted by Crippen LogP contribution is -2.55. The second kappa shape index (κ2) is 13.9. The third-order valence-corrected chi connectivity index (χ3v) is 5.15. The van der Waals surface area contributed by atoms with Crippen molar-refractivity contribution in [1.29, 1.82) is 5.26 Å². The van der Waals surface area contributed by atoms with Crippen LogP contribution >= 0.6 is 0 Å². The topological polar surface area (TPSA) is 75.2 Å². The molecule has 0 aromatic heterocycles. The van der Waals surface area contributed by atoms with Gasteiger partial charge in [-0.05, 0) is 51.8 Å². The van der Waals surface area contributed by atoms with Gasteiger partial charge in [-0.15, -0.1) is 6.58 Å². The molecule has 4 N–H and O–H groups in total. The molecule has 0 fully saturated rings. The summed E-state index contributed by atoms with van der Waals surface area (Å²) in [6, 6.07) is 11.1. The molecule has 0 aliphatic carbocycles. The molecule has 0 aliphatic heterocycles. The number of hydrogen-bond acceptors (Lipinski definition) is 6. The second-order valence-electron chi connectivity index (χ2n) is 7.50. The molecule has 0 saturated carbocycles. The van der Waals surface area contributed by atoms with Gasteiger partial charge in [-0.25, -0.2) is 10.4 Å². The molecule has 0 heterocycles. The maximum absolute atomic E-state index is 8.81. The standard InChI is InChI=1S/C23H38N6/c1-7-16-25-19(4)20(5)27-28-29(6)17-14-23(18(3)8-2)26-22-11-9-21(10-12-22)13-15-24/h7-12,19-20,23,25-28H,1,13-14,16-17H2,2-6H3/b18-8+. The lowest BCUT2D eigenvalue weighted by atomic mass is 10.0. The lowest BCUT2D eigenvalue weighted by Gasteiger charge is -2.28. The van der Waals surface area contributed by atoms with Crippen LogP contribution < -0.4 is 21.6 Å². The summed E-state index contributed by atoms with van der Waals surface area (Å²) in [5.41, 5.74) is 10.0. The fraction of sp³-hybridized carbons (Fsp3) is 0.522. The van der Waals surface area contributed by atoms with Crippen LogP contribution in [0.4, 0.5) is 5.69 Å². The summed E-state index contributed by atoms with van der Waals surface area (Å²) < 4.78 is 0. The van der Waals surface area contributed by atoms with Crippen LogP contribution in [0.15, 0.2) is 48.6 Å². The van der Waals surface area contributed by atoms with E-state index < -0.39 is 0 Å². The number of allylic oxidation sites excluding steroid dienone is 1. The van der Waals surface area contributed by atoms with Gasteiger partial charge in [0.15, 0.2) is 0 Å². The van der Waals surface area contributed by atoms with E-state index >= 15 is 0 Å². The van der Waals surface area contributed by atoms with Crippen molar-refractivity contribution in [3.8, 4) is 6.07 Å². The van der Waals surface area contributed by atoms with Crippen LogP contribution in [-0.4, -0.2) is 43.3 Å². The van der Waals surface area contributed by atoms with Crippen LogP contribution in [0.1, 0.15) is 39.7 Å². The molecule has 1 aromatic carbocycles. The number of hydrazine groups is 2. The van der Waals surface area contributed by atoms with E-state index in [0.29, 0.717) is 12.5 Å². The van der Waals surface area contributed by atoms with Crippen molar-refractivity contribution in [2.24, 2.45) is 0 Å². The Labute approximate surface area is 177 Å². The summed E-state index contributed by atoms with van der Waals surface area (Å²) in [6.07, 6.45) is 5.43. The van der Waals surface area contributed by atoms with E-state index in [1.54, 1.807) is 0 Å². The molecule has 29 heavy (non-hydrogen) atoms. The van der Waals surface area contributed by atoms with E-state index in [9.17, 15) is 0 Å². The van der Waals surface area contributed by atoms with Crippen LogP contribution in [0.25, 0.3) is 0 Å². The van der Waals surface area contributed by atoms with Gasteiger partial charge < -0.3 is 10.6 Å². The van der Waals surface area contributed by atoms with Gasteiger partial charge in [-0.1, -0.05) is 29.9 Å². The number of rotatable bonds is 14. The molecule has 160 valence electrons. The van der Waals surface area contributed by atoms with Crippen LogP contribution in [0.2, 0.25) is 0 Å². The third kappa shape index (κ3) is 9.73. The molecule has 6 nitrogen and oxygen atoms in total. The fourth-order valence-electron chi connectivity index (χ4n) is 2.79. The maximum atomic E-state index is 8.81. The Bertz CT molecular complexity index is 661. The highest BCUT2D eigenvalue weighted by molar-refractivity contribution is 5.47. The summed E-state index contributed by atoms with van der Waals surface area (Å²) in [5, 5.41) is 17.9. The van der Waals surface area contributed by atoms with Crippen molar-refractivity contribution in [3.63, 3.8) is 0 Å². The molecular weight excluding hydrogens is 360 g/mol. The molecule has 1 rings (SSSR count). The predicted molar refractivity (Wildman–Crippen MR) is 123 cm³/mol.